The molecule has 0 aliphatic rings. The third kappa shape index (κ3) is 39.7. The molecule has 0 aliphatic carbocycles. The summed E-state index contributed by atoms with van der Waals surface area (Å²) in [6.45, 7) is 4.16. The van der Waals surface area contributed by atoms with Crippen molar-refractivity contribution in [1.82, 2.24) is 5.32 Å². The lowest BCUT2D eigenvalue weighted by Crippen LogP contribution is -2.29. The summed E-state index contributed by atoms with van der Waals surface area (Å²) in [7, 11) is -2.66. The van der Waals surface area contributed by atoms with Crippen molar-refractivity contribution < 1.29 is 37.6 Å². The molecule has 0 aromatic rings. The average molecular weight is 782 g/mol. The number of likely N-dealkylation sites (N-methyl/N-ethyl adjacent to an activating group) is 1. The molecule has 0 aliphatic heterocycles. The number of ether oxygens (including phenoxy) is 2. The quantitative estimate of drug-likeness (QED) is 0.0271. The fraction of sp³-hybridized carbons (Fsp3) is 0.773. The lowest BCUT2D eigenvalue weighted by molar-refractivity contribution is -0.161. The first-order valence-electron chi connectivity index (χ1n) is 21.6. The molecule has 54 heavy (non-hydrogen) atoms. The number of carbonyl (C=O) groups excluding carboxylic acids is 2. The third-order valence-electron chi connectivity index (χ3n) is 8.95. The van der Waals surface area contributed by atoms with E-state index in [4.69, 9.17) is 18.5 Å². The lowest BCUT2D eigenvalue weighted by atomic mass is 10.0. The minimum absolute atomic E-state index is 0.0239. The van der Waals surface area contributed by atoms with Gasteiger partial charge in [-0.05, 0) is 64.8 Å². The number of hydrogen-bond acceptors (Lipinski definition) is 8. The van der Waals surface area contributed by atoms with E-state index in [2.05, 4.69) is 67.8 Å². The number of nitrogens with one attached hydrogen (secondary N) is 1. The first kappa shape index (κ1) is 52.0. The lowest BCUT2D eigenvalue weighted by Gasteiger charge is -2.20. The van der Waals surface area contributed by atoms with Gasteiger partial charge in [0.15, 0.2) is 6.10 Å². The number of allylic oxidation sites excluding steroid dienone is 8. The Morgan fingerprint density at radius 2 is 1.00 bits per heavy atom. The SMILES string of the molecule is CCCCC/C=C\C/C=C\C/C=C\C/C=C\CCCCCC(=O)OC(COC(=O)CCCCCCCCCCCCCCC)COP(=O)(O)OCCNC. The summed E-state index contributed by atoms with van der Waals surface area (Å²) < 4.78 is 33.1. The average Bonchev–Trinajstić information content (AvgIpc) is 3.15. The van der Waals surface area contributed by atoms with Crippen molar-refractivity contribution >= 4 is 19.8 Å². The highest BCUT2D eigenvalue weighted by Crippen LogP contribution is 2.43. The second-order valence-electron chi connectivity index (χ2n) is 14.2. The summed E-state index contributed by atoms with van der Waals surface area (Å²) in [6, 6.07) is 0. The van der Waals surface area contributed by atoms with Gasteiger partial charge in [0.25, 0.3) is 0 Å². The minimum Gasteiger partial charge on any atom is -0.462 e. The van der Waals surface area contributed by atoms with Gasteiger partial charge in [0.05, 0.1) is 13.2 Å². The monoisotopic (exact) mass is 782 g/mol. The zero-order valence-corrected chi connectivity index (χ0v) is 35.6. The van der Waals surface area contributed by atoms with E-state index in [-0.39, 0.29) is 32.0 Å². The van der Waals surface area contributed by atoms with E-state index >= 15 is 0 Å². The molecular weight excluding hydrogens is 701 g/mol. The van der Waals surface area contributed by atoms with Crippen molar-refractivity contribution in [3.8, 4) is 0 Å². The van der Waals surface area contributed by atoms with Gasteiger partial charge in [-0.25, -0.2) is 4.57 Å². The van der Waals surface area contributed by atoms with Crippen LogP contribution in [0.1, 0.15) is 181 Å². The van der Waals surface area contributed by atoms with E-state index in [1.807, 2.05) is 0 Å². The number of unbranched alkanes of at least 4 members (excludes halogenated alkanes) is 18. The molecule has 2 N–H and O–H groups in total. The highest BCUT2D eigenvalue weighted by atomic mass is 31.2. The van der Waals surface area contributed by atoms with Gasteiger partial charge >= 0.3 is 19.8 Å². The van der Waals surface area contributed by atoms with Crippen LogP contribution in [0.3, 0.4) is 0 Å². The van der Waals surface area contributed by atoms with Crippen LogP contribution in [0.15, 0.2) is 48.6 Å². The molecule has 0 amide bonds. The largest absolute Gasteiger partial charge is 0.472 e. The molecule has 0 fully saturated rings. The molecule has 0 aromatic heterocycles. The molecule has 10 heteroatoms. The zero-order valence-electron chi connectivity index (χ0n) is 34.7. The van der Waals surface area contributed by atoms with Gasteiger partial charge in [0.2, 0.25) is 0 Å². The third-order valence-corrected chi connectivity index (χ3v) is 9.94. The molecule has 0 spiro atoms. The first-order chi connectivity index (χ1) is 26.3. The van der Waals surface area contributed by atoms with Crippen LogP contribution in [0, 0.1) is 0 Å². The Hall–Kier alpha value is -2.03. The molecule has 0 rings (SSSR count). The Kier molecular flexibility index (Phi) is 39.1. The fourth-order valence-corrected chi connectivity index (χ4v) is 6.40. The van der Waals surface area contributed by atoms with E-state index in [1.54, 1.807) is 7.05 Å². The molecule has 0 saturated carbocycles. The fourth-order valence-electron chi connectivity index (χ4n) is 5.65. The van der Waals surface area contributed by atoms with Gasteiger partial charge in [0.1, 0.15) is 6.61 Å². The summed E-state index contributed by atoms with van der Waals surface area (Å²) >= 11 is 0. The molecule has 0 radical (unpaired) electrons. The molecule has 2 unspecified atom stereocenters. The first-order valence-corrected chi connectivity index (χ1v) is 23.1. The Morgan fingerprint density at radius 3 is 1.52 bits per heavy atom. The maximum absolute atomic E-state index is 12.6. The number of esters is 2. The van der Waals surface area contributed by atoms with Crippen molar-refractivity contribution in [3.05, 3.63) is 48.6 Å². The summed E-state index contributed by atoms with van der Waals surface area (Å²) in [5.41, 5.74) is 0. The van der Waals surface area contributed by atoms with Gasteiger partial charge in [-0.2, -0.15) is 0 Å². The van der Waals surface area contributed by atoms with Gasteiger partial charge in [-0.15, -0.1) is 0 Å². The van der Waals surface area contributed by atoms with Crippen molar-refractivity contribution in [2.75, 3.05) is 33.4 Å². The standard InChI is InChI=1S/C44H80NO8P/c1-4-6-8-10-12-14-16-18-19-20-21-22-23-25-27-29-31-33-35-37-44(47)53-42(41-52-54(48,49)51-39-38-45-3)40-50-43(46)36-34-32-30-28-26-24-17-15-13-11-9-7-5-2/h12,14,18-19,21-22,25,27,42,45H,4-11,13,15-17,20,23-24,26,28-41H2,1-3H3,(H,48,49)/b14-12-,19-18-,22-21-,27-25-. The normalized spacial score (nSPS) is 13.8. The number of hydrogen-bond donors (Lipinski definition) is 2. The van der Waals surface area contributed by atoms with Crippen molar-refractivity contribution in [1.29, 1.82) is 0 Å². The predicted octanol–water partition coefficient (Wildman–Crippen LogP) is 12.2. The van der Waals surface area contributed by atoms with Crippen molar-refractivity contribution in [2.45, 2.75) is 187 Å². The van der Waals surface area contributed by atoms with Gasteiger partial charge in [-0.3, -0.25) is 18.6 Å². The predicted molar refractivity (Wildman–Crippen MR) is 224 cm³/mol. The van der Waals surface area contributed by atoms with Crippen LogP contribution < -0.4 is 5.32 Å². The molecule has 9 nitrogen and oxygen atoms in total. The Labute approximate surface area is 330 Å². The van der Waals surface area contributed by atoms with Gasteiger partial charge in [-0.1, -0.05) is 159 Å². The summed E-state index contributed by atoms with van der Waals surface area (Å²) in [5, 5.41) is 2.82. The maximum atomic E-state index is 12.6. The second kappa shape index (κ2) is 40.6. The van der Waals surface area contributed by atoms with Crippen LogP contribution in [0.4, 0.5) is 0 Å². The highest BCUT2D eigenvalue weighted by molar-refractivity contribution is 7.47. The van der Waals surface area contributed by atoms with E-state index in [0.717, 1.165) is 57.8 Å². The number of rotatable bonds is 40. The van der Waals surface area contributed by atoms with E-state index in [0.29, 0.717) is 13.0 Å². The molecule has 314 valence electrons. The zero-order chi connectivity index (χ0) is 39.6. The van der Waals surface area contributed by atoms with Crippen molar-refractivity contribution in [3.63, 3.8) is 0 Å². The van der Waals surface area contributed by atoms with Crippen LogP contribution in [0.25, 0.3) is 0 Å². The molecule has 0 bridgehead atoms. The smallest absolute Gasteiger partial charge is 0.462 e. The van der Waals surface area contributed by atoms with Crippen LogP contribution in [-0.4, -0.2) is 56.3 Å². The van der Waals surface area contributed by atoms with Gasteiger partial charge in [0, 0.05) is 19.4 Å². The number of phosphoric ester groups is 1. The Morgan fingerprint density at radius 1 is 0.574 bits per heavy atom. The summed E-state index contributed by atoms with van der Waals surface area (Å²) in [6.07, 6.45) is 44.4. The number of phosphoric acid groups is 1. The summed E-state index contributed by atoms with van der Waals surface area (Å²) in [4.78, 5) is 35.0. The van der Waals surface area contributed by atoms with E-state index in [9.17, 15) is 19.0 Å². The number of carbonyl (C=O) groups is 2. The Bertz CT molecular complexity index is 1030. The van der Waals surface area contributed by atoms with Crippen LogP contribution in [0.5, 0.6) is 0 Å². The molecule has 2 atom stereocenters. The van der Waals surface area contributed by atoms with Crippen LogP contribution >= 0.6 is 7.82 Å². The molecular formula is C44H80NO8P. The van der Waals surface area contributed by atoms with E-state index < -0.39 is 26.5 Å². The van der Waals surface area contributed by atoms with Crippen LogP contribution in [0.2, 0.25) is 0 Å². The highest BCUT2D eigenvalue weighted by Gasteiger charge is 2.26. The topological polar surface area (TPSA) is 120 Å². The van der Waals surface area contributed by atoms with Crippen molar-refractivity contribution in [2.24, 2.45) is 0 Å². The van der Waals surface area contributed by atoms with Gasteiger partial charge < -0.3 is 19.7 Å². The minimum atomic E-state index is -4.36. The maximum Gasteiger partial charge on any atom is 0.472 e. The van der Waals surface area contributed by atoms with E-state index in [1.165, 1.54) is 89.9 Å². The Balaban J connectivity index is 4.30. The molecule has 0 saturated heterocycles. The molecule has 0 heterocycles. The van der Waals surface area contributed by atoms with Crippen LogP contribution in [-0.2, 0) is 32.7 Å². The summed E-state index contributed by atoms with van der Waals surface area (Å²) in [5.74, 6) is -0.842. The molecule has 0 aromatic carbocycles. The second-order valence-corrected chi connectivity index (χ2v) is 15.6.